The van der Waals surface area contributed by atoms with Gasteiger partial charge in [-0.25, -0.2) is 4.98 Å². The molecule has 4 rings (SSSR count). The number of halogens is 2. The number of fused-ring (bicyclic) bond motifs is 1. The molecule has 0 fully saturated rings. The highest BCUT2D eigenvalue weighted by molar-refractivity contribution is 6.42. The average Bonchev–Trinajstić information content (AvgIpc) is 3.37. The van der Waals surface area contributed by atoms with Crippen molar-refractivity contribution < 1.29 is 9.21 Å². The maximum Gasteiger partial charge on any atom is 0.243 e. The van der Waals surface area contributed by atoms with Gasteiger partial charge in [-0.3, -0.25) is 4.79 Å². The Hall–Kier alpha value is -2.76. The van der Waals surface area contributed by atoms with Crippen LogP contribution >= 0.6 is 23.2 Å². The van der Waals surface area contributed by atoms with Gasteiger partial charge in [-0.1, -0.05) is 60.5 Å². The summed E-state index contributed by atoms with van der Waals surface area (Å²) in [5.74, 6) is 1.39. The zero-order valence-electron chi connectivity index (χ0n) is 16.4. The molecule has 1 N–H and O–H groups in total. The maximum atomic E-state index is 13.1. The van der Waals surface area contributed by atoms with Gasteiger partial charge in [-0.2, -0.15) is 0 Å². The molecule has 30 heavy (non-hydrogen) atoms. The van der Waals surface area contributed by atoms with Gasteiger partial charge in [-0.15, -0.1) is 0 Å². The third-order valence-corrected chi connectivity index (χ3v) is 5.75. The Labute approximate surface area is 184 Å². The van der Waals surface area contributed by atoms with Crippen LogP contribution in [0, 0.1) is 0 Å². The van der Waals surface area contributed by atoms with E-state index in [1.165, 1.54) is 0 Å². The lowest BCUT2D eigenvalue weighted by Crippen LogP contribution is -2.32. The summed E-state index contributed by atoms with van der Waals surface area (Å²) >= 11 is 12.5. The Morgan fingerprint density at radius 3 is 2.60 bits per heavy atom. The Morgan fingerprint density at radius 1 is 1.13 bits per heavy atom. The van der Waals surface area contributed by atoms with E-state index >= 15 is 0 Å². The summed E-state index contributed by atoms with van der Waals surface area (Å²) in [6.45, 7) is 2.31. The van der Waals surface area contributed by atoms with E-state index in [2.05, 4.69) is 5.32 Å². The van der Waals surface area contributed by atoms with Crippen LogP contribution < -0.4 is 5.32 Å². The molecule has 0 radical (unpaired) electrons. The molecular weight excluding hydrogens is 421 g/mol. The van der Waals surface area contributed by atoms with Crippen LogP contribution in [-0.2, 0) is 17.8 Å². The van der Waals surface area contributed by atoms with Crippen LogP contribution in [0.3, 0.4) is 0 Å². The third-order valence-electron chi connectivity index (χ3n) is 5.03. The number of hydrogen-bond acceptors (Lipinski definition) is 3. The first-order chi connectivity index (χ1) is 14.6. The summed E-state index contributed by atoms with van der Waals surface area (Å²) in [7, 11) is 0. The predicted octanol–water partition coefficient (Wildman–Crippen LogP) is 5.79. The van der Waals surface area contributed by atoms with E-state index in [1.807, 2.05) is 47.9 Å². The number of carbonyl (C=O) groups is 1. The second-order valence-electron chi connectivity index (χ2n) is 7.04. The van der Waals surface area contributed by atoms with Crippen molar-refractivity contribution in [2.24, 2.45) is 0 Å². The van der Waals surface area contributed by atoms with Crippen LogP contribution in [0.5, 0.6) is 0 Å². The maximum absolute atomic E-state index is 13.1. The number of nitrogens with zero attached hydrogens (tertiary/aromatic N) is 2. The Bertz CT molecular complexity index is 1150. The fourth-order valence-electron chi connectivity index (χ4n) is 3.58. The molecule has 5 nitrogen and oxygen atoms in total. The van der Waals surface area contributed by atoms with Crippen LogP contribution in [0.1, 0.15) is 36.5 Å². The number of hydrogen-bond donors (Lipinski definition) is 1. The SMILES string of the molecule is CCC(C(=O)NCc1ccco1)n1c(Cc2ccccc2)nc2cc(Cl)c(Cl)cc21. The first-order valence-corrected chi connectivity index (χ1v) is 10.5. The van der Waals surface area contributed by atoms with Crippen molar-refractivity contribution in [2.45, 2.75) is 32.4 Å². The fraction of sp³-hybridized carbons (Fsp3) is 0.217. The lowest BCUT2D eigenvalue weighted by molar-refractivity contribution is -0.124. The van der Waals surface area contributed by atoms with Crippen molar-refractivity contribution in [3.8, 4) is 0 Å². The first kappa shape index (κ1) is 20.5. The standard InChI is InChI=1S/C23H21Cl2N3O2/c1-2-20(23(29)26-14-16-9-6-10-30-16)28-21-13-18(25)17(24)12-19(21)27-22(28)11-15-7-4-3-5-8-15/h3-10,12-13,20H,2,11,14H2,1H3,(H,26,29). The van der Waals surface area contributed by atoms with Crippen LogP contribution in [-0.4, -0.2) is 15.5 Å². The quantitative estimate of drug-likeness (QED) is 0.394. The summed E-state index contributed by atoms with van der Waals surface area (Å²) in [4.78, 5) is 17.9. The molecule has 0 bridgehead atoms. The van der Waals surface area contributed by atoms with Crippen molar-refractivity contribution in [3.05, 3.63) is 88.1 Å². The van der Waals surface area contributed by atoms with E-state index in [0.717, 1.165) is 16.9 Å². The number of carbonyl (C=O) groups excluding carboxylic acids is 1. The third kappa shape index (κ3) is 4.23. The fourth-order valence-corrected chi connectivity index (χ4v) is 3.90. The molecule has 0 aliphatic heterocycles. The van der Waals surface area contributed by atoms with Crippen LogP contribution in [0.25, 0.3) is 11.0 Å². The molecule has 154 valence electrons. The zero-order chi connectivity index (χ0) is 21.1. The van der Waals surface area contributed by atoms with E-state index in [-0.39, 0.29) is 5.91 Å². The van der Waals surface area contributed by atoms with Gasteiger partial charge in [0.2, 0.25) is 5.91 Å². The van der Waals surface area contributed by atoms with Crippen molar-refractivity contribution in [3.63, 3.8) is 0 Å². The first-order valence-electron chi connectivity index (χ1n) is 9.76. The molecule has 0 spiro atoms. The lowest BCUT2D eigenvalue weighted by atomic mass is 10.1. The molecule has 0 saturated heterocycles. The monoisotopic (exact) mass is 441 g/mol. The second kappa shape index (κ2) is 8.94. The summed E-state index contributed by atoms with van der Waals surface area (Å²) in [5.41, 5.74) is 2.61. The average molecular weight is 442 g/mol. The summed E-state index contributed by atoms with van der Waals surface area (Å²) in [6.07, 6.45) is 2.77. The number of aromatic nitrogens is 2. The molecule has 7 heteroatoms. The molecule has 1 amide bonds. The van der Waals surface area contributed by atoms with Crippen molar-refractivity contribution in [1.82, 2.24) is 14.9 Å². The molecule has 1 atom stereocenters. The molecule has 2 aromatic carbocycles. The Kier molecular flexibility index (Phi) is 6.11. The topological polar surface area (TPSA) is 60.1 Å². The van der Waals surface area contributed by atoms with Crippen LogP contribution in [0.4, 0.5) is 0 Å². The van der Waals surface area contributed by atoms with Gasteiger partial charge < -0.3 is 14.3 Å². The number of rotatable bonds is 7. The summed E-state index contributed by atoms with van der Waals surface area (Å²) < 4.78 is 7.30. The van der Waals surface area contributed by atoms with Gasteiger partial charge in [0.25, 0.3) is 0 Å². The normalized spacial score (nSPS) is 12.2. The lowest BCUT2D eigenvalue weighted by Gasteiger charge is -2.20. The minimum Gasteiger partial charge on any atom is -0.467 e. The molecule has 0 aliphatic carbocycles. The van der Waals surface area contributed by atoms with Gasteiger partial charge in [0.1, 0.15) is 17.6 Å². The van der Waals surface area contributed by atoms with Crippen molar-refractivity contribution in [2.75, 3.05) is 0 Å². The highest BCUT2D eigenvalue weighted by Crippen LogP contribution is 2.32. The van der Waals surface area contributed by atoms with E-state index in [9.17, 15) is 4.79 Å². The molecule has 1 unspecified atom stereocenters. The van der Waals surface area contributed by atoms with E-state index < -0.39 is 6.04 Å². The van der Waals surface area contributed by atoms with Gasteiger partial charge in [0, 0.05) is 6.42 Å². The highest BCUT2D eigenvalue weighted by Gasteiger charge is 2.25. The largest absolute Gasteiger partial charge is 0.467 e. The van der Waals surface area contributed by atoms with Gasteiger partial charge in [-0.05, 0) is 36.2 Å². The van der Waals surface area contributed by atoms with Crippen molar-refractivity contribution >= 4 is 40.1 Å². The molecule has 0 saturated carbocycles. The minimum absolute atomic E-state index is 0.103. The molecule has 2 heterocycles. The molecule has 2 aromatic heterocycles. The number of amides is 1. The van der Waals surface area contributed by atoms with Crippen LogP contribution in [0.15, 0.2) is 65.3 Å². The minimum atomic E-state index is -0.444. The molecular formula is C23H21Cl2N3O2. The zero-order valence-corrected chi connectivity index (χ0v) is 18.0. The molecule has 4 aromatic rings. The smallest absolute Gasteiger partial charge is 0.243 e. The summed E-state index contributed by atoms with van der Waals surface area (Å²) in [5, 5.41) is 3.84. The van der Waals surface area contributed by atoms with Crippen molar-refractivity contribution in [1.29, 1.82) is 0 Å². The van der Waals surface area contributed by atoms with Gasteiger partial charge in [0.15, 0.2) is 0 Å². The molecule has 0 aliphatic rings. The number of benzene rings is 2. The second-order valence-corrected chi connectivity index (χ2v) is 7.85. The van der Waals surface area contributed by atoms with Gasteiger partial charge >= 0.3 is 0 Å². The number of imidazole rings is 1. The van der Waals surface area contributed by atoms with E-state index in [0.29, 0.717) is 40.7 Å². The van der Waals surface area contributed by atoms with E-state index in [4.69, 9.17) is 32.6 Å². The summed E-state index contributed by atoms with van der Waals surface area (Å²) in [6, 6.07) is 16.8. The van der Waals surface area contributed by atoms with E-state index in [1.54, 1.807) is 24.5 Å². The number of nitrogens with one attached hydrogen (secondary N) is 1. The number of furan rings is 1. The Morgan fingerprint density at radius 2 is 1.90 bits per heavy atom. The van der Waals surface area contributed by atoms with Crippen LogP contribution in [0.2, 0.25) is 10.0 Å². The Balaban J connectivity index is 1.74. The predicted molar refractivity (Wildman–Crippen MR) is 119 cm³/mol. The van der Waals surface area contributed by atoms with Gasteiger partial charge in [0.05, 0.1) is 33.9 Å². The highest BCUT2D eigenvalue weighted by atomic mass is 35.5.